The molecular formula is C24H34N2O5. The Kier molecular flexibility index (Phi) is 3.89. The van der Waals surface area contributed by atoms with Crippen LogP contribution in [0.1, 0.15) is 83.5 Å². The molecule has 0 aromatic heterocycles. The van der Waals surface area contributed by atoms with Gasteiger partial charge in [-0.3, -0.25) is 24.2 Å². The molecule has 3 aliphatic carbocycles. The zero-order valence-electron chi connectivity index (χ0n) is 18.6. The molecule has 3 unspecified atom stereocenters. The molecule has 3 saturated heterocycles. The van der Waals surface area contributed by atoms with Gasteiger partial charge in [0.1, 0.15) is 0 Å². The summed E-state index contributed by atoms with van der Waals surface area (Å²) in [5, 5.41) is 12.5. The molecule has 6 fully saturated rings. The summed E-state index contributed by atoms with van der Waals surface area (Å²) in [5.41, 5.74) is -4.13. The number of rotatable bonds is 1. The summed E-state index contributed by atoms with van der Waals surface area (Å²) in [5.74, 6) is -2.15. The van der Waals surface area contributed by atoms with Gasteiger partial charge in [0.15, 0.2) is 0 Å². The molecular weight excluding hydrogens is 396 g/mol. The number of hydrogen-bond acceptors (Lipinski definition) is 5. The maximum Gasteiger partial charge on any atom is 0.314 e. The highest BCUT2D eigenvalue weighted by molar-refractivity contribution is 6.09. The number of ether oxygens (including phenoxy) is 1. The Balaban J connectivity index is 1.74. The first-order valence-electron chi connectivity index (χ1n) is 12.4. The van der Waals surface area contributed by atoms with E-state index in [9.17, 15) is 19.5 Å². The Bertz CT molecular complexity index is 828. The fourth-order valence-corrected chi connectivity index (χ4v) is 9.93. The SMILES string of the molecule is COC(=O)[C@]12CCCCCC[C@@]13C(=O)N1CCCN4C(=O)C25CCCCCCC53C41O. The second-order valence-corrected chi connectivity index (χ2v) is 10.8. The molecule has 2 amide bonds. The van der Waals surface area contributed by atoms with Gasteiger partial charge >= 0.3 is 5.97 Å². The van der Waals surface area contributed by atoms with E-state index in [1.165, 1.54) is 7.11 Å². The zero-order valence-corrected chi connectivity index (χ0v) is 18.6. The van der Waals surface area contributed by atoms with Crippen LogP contribution in [0, 0.1) is 21.7 Å². The van der Waals surface area contributed by atoms with Gasteiger partial charge in [0.25, 0.3) is 0 Å². The number of esters is 1. The van der Waals surface area contributed by atoms with Gasteiger partial charge in [-0.25, -0.2) is 0 Å². The first-order chi connectivity index (χ1) is 14.9. The smallest absolute Gasteiger partial charge is 0.314 e. The van der Waals surface area contributed by atoms with Gasteiger partial charge < -0.3 is 9.84 Å². The molecule has 3 saturated carbocycles. The Morgan fingerprint density at radius 3 is 1.77 bits per heavy atom. The van der Waals surface area contributed by atoms with Crippen molar-refractivity contribution in [2.45, 2.75) is 89.3 Å². The van der Waals surface area contributed by atoms with Crippen molar-refractivity contribution in [3.63, 3.8) is 0 Å². The Labute approximate surface area is 183 Å². The molecule has 2 spiro atoms. The van der Waals surface area contributed by atoms with E-state index in [0.717, 1.165) is 51.4 Å². The lowest BCUT2D eigenvalue weighted by molar-refractivity contribution is -0.352. The standard InChI is InChI=1S/C24H34N2O5/c1-31-19(29)22-13-8-3-2-6-11-20(22)17(27)25-15-10-16-26-18(28)21(22)12-7-4-5-9-14-23(20,21)24(25,26)30/h30H,2-16H2,1H3/t20-,21?,22-,23?,24?/m1/s1. The van der Waals surface area contributed by atoms with Gasteiger partial charge in [-0.1, -0.05) is 51.4 Å². The molecule has 0 aromatic carbocycles. The molecule has 7 nitrogen and oxygen atoms in total. The number of methoxy groups -OCH3 is 1. The number of nitrogens with zero attached hydrogens (tertiary/aromatic N) is 2. The van der Waals surface area contributed by atoms with Gasteiger partial charge in [0.05, 0.1) is 28.8 Å². The second kappa shape index (κ2) is 6.03. The van der Waals surface area contributed by atoms with Crippen LogP contribution in [-0.2, 0) is 19.1 Å². The predicted molar refractivity (Wildman–Crippen MR) is 110 cm³/mol. The van der Waals surface area contributed by atoms with Crippen LogP contribution in [0.3, 0.4) is 0 Å². The molecule has 1 N–H and O–H groups in total. The average Bonchev–Trinajstić information content (AvgIpc) is 2.98. The van der Waals surface area contributed by atoms with Crippen molar-refractivity contribution >= 4 is 17.8 Å². The van der Waals surface area contributed by atoms with Crippen LogP contribution < -0.4 is 0 Å². The fourth-order valence-electron chi connectivity index (χ4n) is 9.93. The highest BCUT2D eigenvalue weighted by Crippen LogP contribution is 2.93. The first kappa shape index (κ1) is 20.0. The molecule has 31 heavy (non-hydrogen) atoms. The minimum absolute atomic E-state index is 0.0873. The number of amides is 2. The van der Waals surface area contributed by atoms with E-state index in [2.05, 4.69) is 0 Å². The Hall–Kier alpha value is -1.63. The summed E-state index contributed by atoms with van der Waals surface area (Å²) < 4.78 is 5.47. The topological polar surface area (TPSA) is 87.2 Å². The highest BCUT2D eigenvalue weighted by atomic mass is 16.5. The van der Waals surface area contributed by atoms with E-state index < -0.39 is 27.5 Å². The molecule has 0 bridgehead atoms. The highest BCUT2D eigenvalue weighted by Gasteiger charge is 3.05. The van der Waals surface area contributed by atoms with Crippen molar-refractivity contribution in [3.8, 4) is 0 Å². The van der Waals surface area contributed by atoms with Crippen LogP contribution >= 0.6 is 0 Å². The van der Waals surface area contributed by atoms with E-state index in [-0.39, 0.29) is 17.8 Å². The molecule has 170 valence electrons. The number of hydrogen-bond donors (Lipinski definition) is 1. The maximum atomic E-state index is 14.4. The van der Waals surface area contributed by atoms with Gasteiger partial charge in [0.2, 0.25) is 17.7 Å². The van der Waals surface area contributed by atoms with Crippen LogP contribution in [0.4, 0.5) is 0 Å². The third kappa shape index (κ3) is 1.59. The quantitative estimate of drug-likeness (QED) is 0.646. The van der Waals surface area contributed by atoms with E-state index in [1.807, 2.05) is 0 Å². The van der Waals surface area contributed by atoms with E-state index >= 15 is 0 Å². The lowest BCUT2D eigenvalue weighted by Gasteiger charge is -2.75. The van der Waals surface area contributed by atoms with Crippen LogP contribution in [0.15, 0.2) is 0 Å². The van der Waals surface area contributed by atoms with Gasteiger partial charge in [-0.15, -0.1) is 0 Å². The molecule has 7 heteroatoms. The van der Waals surface area contributed by atoms with Crippen molar-refractivity contribution in [2.75, 3.05) is 20.2 Å². The summed E-state index contributed by atoms with van der Waals surface area (Å²) >= 11 is 0. The predicted octanol–water partition coefficient (Wildman–Crippen LogP) is 2.56. The van der Waals surface area contributed by atoms with Crippen LogP contribution in [-0.4, -0.2) is 58.7 Å². The average molecular weight is 431 g/mol. The van der Waals surface area contributed by atoms with E-state index in [0.29, 0.717) is 45.2 Å². The molecule has 3 heterocycles. The van der Waals surface area contributed by atoms with Crippen molar-refractivity contribution in [3.05, 3.63) is 0 Å². The fraction of sp³-hybridized carbons (Fsp3) is 0.875. The summed E-state index contributed by atoms with van der Waals surface area (Å²) in [6, 6.07) is 0. The van der Waals surface area contributed by atoms with Crippen molar-refractivity contribution in [1.29, 1.82) is 0 Å². The maximum absolute atomic E-state index is 14.4. The normalized spacial score (nSPS) is 48.5. The molecule has 6 rings (SSSR count). The van der Waals surface area contributed by atoms with Gasteiger partial charge in [-0.05, 0) is 32.1 Å². The Morgan fingerprint density at radius 1 is 0.774 bits per heavy atom. The lowest BCUT2D eigenvalue weighted by Crippen LogP contribution is -2.84. The molecule has 5 atom stereocenters. The molecule has 6 aliphatic rings. The molecule has 0 aromatic rings. The van der Waals surface area contributed by atoms with Crippen molar-refractivity contribution < 1.29 is 24.2 Å². The van der Waals surface area contributed by atoms with Crippen molar-refractivity contribution in [2.24, 2.45) is 21.7 Å². The lowest BCUT2D eigenvalue weighted by atomic mass is 9.21. The molecule has 3 aliphatic heterocycles. The third-order valence-corrected chi connectivity index (χ3v) is 10.5. The van der Waals surface area contributed by atoms with E-state index in [1.54, 1.807) is 9.80 Å². The van der Waals surface area contributed by atoms with Crippen LogP contribution in [0.2, 0.25) is 0 Å². The monoisotopic (exact) mass is 430 g/mol. The summed E-state index contributed by atoms with van der Waals surface area (Å²) in [4.78, 5) is 45.9. The molecule has 0 radical (unpaired) electrons. The Morgan fingerprint density at radius 2 is 1.26 bits per heavy atom. The zero-order chi connectivity index (χ0) is 21.7. The first-order valence-corrected chi connectivity index (χ1v) is 12.4. The number of carbonyl (C=O) groups is 3. The second-order valence-electron chi connectivity index (χ2n) is 10.8. The van der Waals surface area contributed by atoms with Crippen molar-refractivity contribution in [1.82, 2.24) is 9.80 Å². The summed E-state index contributed by atoms with van der Waals surface area (Å²) in [6.07, 6.45) is 10.4. The minimum Gasteiger partial charge on any atom is -0.469 e. The van der Waals surface area contributed by atoms with Gasteiger partial charge in [0, 0.05) is 13.1 Å². The van der Waals surface area contributed by atoms with E-state index in [4.69, 9.17) is 4.74 Å². The minimum atomic E-state index is -1.59. The largest absolute Gasteiger partial charge is 0.469 e. The number of carbonyl (C=O) groups excluding carboxylic acids is 3. The summed E-state index contributed by atoms with van der Waals surface area (Å²) in [7, 11) is 1.40. The summed E-state index contributed by atoms with van der Waals surface area (Å²) in [6.45, 7) is 0.909. The van der Waals surface area contributed by atoms with Crippen LogP contribution in [0.5, 0.6) is 0 Å². The number of aliphatic hydroxyl groups is 1. The third-order valence-electron chi connectivity index (χ3n) is 10.5. The van der Waals surface area contributed by atoms with Crippen LogP contribution in [0.25, 0.3) is 0 Å². The van der Waals surface area contributed by atoms with Gasteiger partial charge in [-0.2, -0.15) is 0 Å².